The summed E-state index contributed by atoms with van der Waals surface area (Å²) < 4.78 is 2.75. The first-order chi connectivity index (χ1) is 7.66. The molecule has 0 aliphatic carbocycles. The number of imidazole rings is 1. The van der Waals surface area contributed by atoms with Crippen molar-refractivity contribution in [1.29, 1.82) is 0 Å². The minimum atomic E-state index is -0.0293. The first-order valence-electron chi connectivity index (χ1n) is 4.91. The van der Waals surface area contributed by atoms with Gasteiger partial charge in [0, 0.05) is 18.7 Å². The highest BCUT2D eigenvalue weighted by molar-refractivity contribution is 14.1. The molecule has 1 aliphatic heterocycles. The van der Waals surface area contributed by atoms with Crippen molar-refractivity contribution in [3.63, 3.8) is 0 Å². The first-order valence-corrected chi connectivity index (χ1v) is 6.87. The number of H-pyrrole nitrogens is 1. The van der Waals surface area contributed by atoms with Crippen LogP contribution in [-0.2, 0) is 13.1 Å². The topological polar surface area (TPSA) is 41.0 Å². The lowest BCUT2D eigenvalue weighted by Gasteiger charge is -2.12. The van der Waals surface area contributed by atoms with Gasteiger partial charge in [0.2, 0.25) is 0 Å². The van der Waals surface area contributed by atoms with E-state index in [0.717, 1.165) is 27.5 Å². The molecule has 1 N–H and O–H groups in total. The molecule has 0 fully saturated rings. The number of hydrogen-bond donors (Lipinski definition) is 1. The van der Waals surface area contributed by atoms with Gasteiger partial charge in [0.15, 0.2) is 0 Å². The molecule has 2 aromatic heterocycles. The van der Waals surface area contributed by atoms with Crippen LogP contribution in [-0.4, -0.2) is 21.5 Å². The Morgan fingerprint density at radius 1 is 1.50 bits per heavy atom. The third-order valence-electron chi connectivity index (χ3n) is 2.73. The Hall–Kier alpha value is -0.600. The Kier molecular flexibility index (Phi) is 2.45. The second kappa shape index (κ2) is 3.71. The van der Waals surface area contributed by atoms with Gasteiger partial charge in [-0.2, -0.15) is 0 Å². The third kappa shape index (κ3) is 1.47. The molecule has 0 saturated heterocycles. The van der Waals surface area contributed by atoms with Crippen LogP contribution in [0.5, 0.6) is 0 Å². The summed E-state index contributed by atoms with van der Waals surface area (Å²) in [6, 6.07) is 2.10. The SMILES string of the molecule is CN1Cc2ccsc2-n2c(c(I)[nH]c2=O)C1. The molecular formula is C10H10IN3OS. The maximum absolute atomic E-state index is 11.9. The highest BCUT2D eigenvalue weighted by Crippen LogP contribution is 2.28. The van der Waals surface area contributed by atoms with E-state index in [1.807, 2.05) is 9.95 Å². The van der Waals surface area contributed by atoms with Crippen LogP contribution in [0.1, 0.15) is 11.3 Å². The van der Waals surface area contributed by atoms with Crippen LogP contribution in [0.3, 0.4) is 0 Å². The Bertz CT molecular complexity index is 597. The van der Waals surface area contributed by atoms with E-state index >= 15 is 0 Å². The Balaban J connectivity index is 2.35. The van der Waals surface area contributed by atoms with Gasteiger partial charge in [-0.25, -0.2) is 4.79 Å². The molecule has 4 nitrogen and oxygen atoms in total. The maximum Gasteiger partial charge on any atom is 0.331 e. The van der Waals surface area contributed by atoms with Gasteiger partial charge in [0.05, 0.1) is 5.69 Å². The van der Waals surface area contributed by atoms with Crippen LogP contribution in [0.4, 0.5) is 0 Å². The number of nitrogens with one attached hydrogen (secondary N) is 1. The summed E-state index contributed by atoms with van der Waals surface area (Å²) in [5.74, 6) is 0. The van der Waals surface area contributed by atoms with E-state index in [4.69, 9.17) is 0 Å². The third-order valence-corrected chi connectivity index (χ3v) is 4.56. The van der Waals surface area contributed by atoms with Crippen LogP contribution in [0.15, 0.2) is 16.2 Å². The second-order valence-corrected chi connectivity index (χ2v) is 5.92. The van der Waals surface area contributed by atoms with Crippen LogP contribution < -0.4 is 5.69 Å². The van der Waals surface area contributed by atoms with Gasteiger partial charge >= 0.3 is 5.69 Å². The zero-order valence-corrected chi connectivity index (χ0v) is 11.6. The fraction of sp³-hybridized carbons (Fsp3) is 0.300. The number of aromatic nitrogens is 2. The van der Waals surface area contributed by atoms with Gasteiger partial charge in [-0.3, -0.25) is 9.47 Å². The van der Waals surface area contributed by atoms with Gasteiger partial charge in [-0.15, -0.1) is 11.3 Å². The monoisotopic (exact) mass is 347 g/mol. The minimum Gasteiger partial charge on any atom is -0.300 e. The number of rotatable bonds is 0. The zero-order valence-electron chi connectivity index (χ0n) is 8.66. The molecule has 3 heterocycles. The van der Waals surface area contributed by atoms with Crippen LogP contribution in [0.25, 0.3) is 5.00 Å². The van der Waals surface area contributed by atoms with Gasteiger partial charge in [-0.1, -0.05) is 0 Å². The number of hydrogen-bond acceptors (Lipinski definition) is 3. The minimum absolute atomic E-state index is 0.0293. The quantitative estimate of drug-likeness (QED) is 0.738. The summed E-state index contributed by atoms with van der Waals surface area (Å²) in [5, 5.41) is 3.10. The van der Waals surface area contributed by atoms with E-state index < -0.39 is 0 Å². The van der Waals surface area contributed by atoms with E-state index in [1.54, 1.807) is 11.3 Å². The highest BCUT2D eigenvalue weighted by atomic mass is 127. The van der Waals surface area contributed by atoms with E-state index in [2.05, 4.69) is 45.6 Å². The molecule has 0 amide bonds. The standard InChI is InChI=1S/C10H10IN3OS/c1-13-4-6-2-3-16-9(6)14-7(5-13)8(11)12-10(14)15/h2-3H,4-5H2,1H3,(H,12,15). The number of halogens is 1. The smallest absolute Gasteiger partial charge is 0.300 e. The van der Waals surface area contributed by atoms with Crippen molar-refractivity contribution in [3.05, 3.63) is 36.9 Å². The fourth-order valence-corrected chi connectivity index (χ4v) is 3.63. The molecule has 0 atom stereocenters. The summed E-state index contributed by atoms with van der Waals surface area (Å²) in [6.07, 6.45) is 0. The summed E-state index contributed by atoms with van der Waals surface area (Å²) in [6.45, 7) is 1.70. The first kappa shape index (κ1) is 10.5. The van der Waals surface area contributed by atoms with E-state index in [-0.39, 0.29) is 5.69 Å². The molecular weight excluding hydrogens is 337 g/mol. The predicted octanol–water partition coefficient (Wildman–Crippen LogP) is 1.78. The summed E-state index contributed by atoms with van der Waals surface area (Å²) in [7, 11) is 2.07. The van der Waals surface area contributed by atoms with E-state index in [1.165, 1.54) is 5.56 Å². The molecule has 1 aliphatic rings. The lowest BCUT2D eigenvalue weighted by atomic mass is 10.3. The largest absolute Gasteiger partial charge is 0.331 e. The van der Waals surface area contributed by atoms with Gasteiger partial charge in [0.25, 0.3) is 0 Å². The molecule has 0 bridgehead atoms. The van der Waals surface area contributed by atoms with Crippen molar-refractivity contribution in [2.24, 2.45) is 0 Å². The fourth-order valence-electron chi connectivity index (χ4n) is 2.04. The lowest BCUT2D eigenvalue weighted by Crippen LogP contribution is -2.17. The van der Waals surface area contributed by atoms with Crippen molar-refractivity contribution in [2.75, 3.05) is 7.05 Å². The van der Waals surface area contributed by atoms with Gasteiger partial charge < -0.3 is 4.98 Å². The molecule has 0 radical (unpaired) electrons. The average Bonchev–Trinajstić information content (AvgIpc) is 2.70. The number of nitrogens with zero attached hydrogens (tertiary/aromatic N) is 2. The molecule has 2 aromatic rings. The van der Waals surface area contributed by atoms with Crippen molar-refractivity contribution in [3.8, 4) is 5.00 Å². The van der Waals surface area contributed by atoms with Crippen molar-refractivity contribution in [1.82, 2.24) is 14.5 Å². The van der Waals surface area contributed by atoms with Crippen molar-refractivity contribution >= 4 is 33.9 Å². The van der Waals surface area contributed by atoms with Crippen LogP contribution in [0.2, 0.25) is 0 Å². The average molecular weight is 347 g/mol. The van der Waals surface area contributed by atoms with Crippen LogP contribution in [0, 0.1) is 3.70 Å². The van der Waals surface area contributed by atoms with Crippen LogP contribution >= 0.6 is 33.9 Å². The number of thiophene rings is 1. The second-order valence-electron chi connectivity index (χ2n) is 3.95. The van der Waals surface area contributed by atoms with E-state index in [0.29, 0.717) is 0 Å². The van der Waals surface area contributed by atoms with Crippen molar-refractivity contribution < 1.29 is 0 Å². The van der Waals surface area contributed by atoms with E-state index in [9.17, 15) is 4.79 Å². The predicted molar refractivity (Wildman–Crippen MR) is 72.2 cm³/mol. The highest BCUT2D eigenvalue weighted by Gasteiger charge is 2.22. The molecule has 84 valence electrons. The summed E-state index contributed by atoms with van der Waals surface area (Å²) >= 11 is 3.81. The zero-order chi connectivity index (χ0) is 11.3. The normalized spacial score (nSPS) is 15.6. The Morgan fingerprint density at radius 3 is 3.12 bits per heavy atom. The van der Waals surface area contributed by atoms with Gasteiger partial charge in [0.1, 0.15) is 8.70 Å². The molecule has 0 spiro atoms. The Labute approximate surface area is 110 Å². The maximum atomic E-state index is 11.9. The van der Waals surface area contributed by atoms with Gasteiger partial charge in [-0.05, 0) is 41.1 Å². The molecule has 0 unspecified atom stereocenters. The molecule has 6 heteroatoms. The Morgan fingerprint density at radius 2 is 2.31 bits per heavy atom. The summed E-state index contributed by atoms with van der Waals surface area (Å²) in [4.78, 5) is 17.0. The molecule has 0 saturated carbocycles. The molecule has 0 aromatic carbocycles. The number of aromatic amines is 1. The lowest BCUT2D eigenvalue weighted by molar-refractivity contribution is 0.319. The molecule has 16 heavy (non-hydrogen) atoms. The number of fused-ring (bicyclic) bond motifs is 3. The molecule has 3 rings (SSSR count). The van der Waals surface area contributed by atoms with Crippen molar-refractivity contribution in [2.45, 2.75) is 13.1 Å². The summed E-state index contributed by atoms with van der Waals surface area (Å²) in [5.41, 5.74) is 2.26.